The summed E-state index contributed by atoms with van der Waals surface area (Å²) in [7, 11) is 1.83. The molecule has 2 aromatic heterocycles. The fourth-order valence-corrected chi connectivity index (χ4v) is 2.18. The van der Waals surface area contributed by atoms with E-state index in [0.717, 1.165) is 27.9 Å². The standard InChI is InChI=1S/C14H15N3O/c1-8-9(2)18-13-6-10(4-5-11(8)13)12-7-16-17(3)14(12)15/h4-7H,15H2,1-3H3. The Morgan fingerprint density at radius 3 is 2.72 bits per heavy atom. The SMILES string of the molecule is Cc1oc2cc(-c3cnn(C)c3N)ccc2c1C. The molecule has 0 radical (unpaired) electrons. The Kier molecular flexibility index (Phi) is 2.20. The highest BCUT2D eigenvalue weighted by molar-refractivity contribution is 5.88. The second kappa shape index (κ2) is 3.63. The Morgan fingerprint density at radius 1 is 1.28 bits per heavy atom. The van der Waals surface area contributed by atoms with Crippen LogP contribution in [-0.4, -0.2) is 9.78 Å². The molecule has 4 heteroatoms. The van der Waals surface area contributed by atoms with Gasteiger partial charge in [0.15, 0.2) is 0 Å². The molecule has 1 aromatic carbocycles. The highest BCUT2D eigenvalue weighted by Gasteiger charge is 2.11. The van der Waals surface area contributed by atoms with Gasteiger partial charge in [0.2, 0.25) is 0 Å². The van der Waals surface area contributed by atoms with Gasteiger partial charge in [-0.3, -0.25) is 4.68 Å². The van der Waals surface area contributed by atoms with Crippen LogP contribution >= 0.6 is 0 Å². The lowest BCUT2D eigenvalue weighted by molar-refractivity contribution is 0.575. The first kappa shape index (κ1) is 10.9. The second-order valence-electron chi connectivity index (χ2n) is 4.56. The second-order valence-corrected chi connectivity index (χ2v) is 4.56. The number of furan rings is 1. The van der Waals surface area contributed by atoms with Gasteiger partial charge in [-0.25, -0.2) is 0 Å². The van der Waals surface area contributed by atoms with Crippen molar-refractivity contribution in [1.29, 1.82) is 0 Å². The number of hydrogen-bond acceptors (Lipinski definition) is 3. The van der Waals surface area contributed by atoms with Gasteiger partial charge in [0.1, 0.15) is 17.2 Å². The van der Waals surface area contributed by atoms with Crippen molar-refractivity contribution in [1.82, 2.24) is 9.78 Å². The molecule has 0 saturated heterocycles. The molecule has 2 heterocycles. The Bertz CT molecular complexity index is 737. The van der Waals surface area contributed by atoms with Crippen molar-refractivity contribution >= 4 is 16.8 Å². The molecule has 92 valence electrons. The number of anilines is 1. The summed E-state index contributed by atoms with van der Waals surface area (Å²) in [4.78, 5) is 0. The maximum absolute atomic E-state index is 5.98. The van der Waals surface area contributed by atoms with Crippen LogP contribution in [0, 0.1) is 13.8 Å². The van der Waals surface area contributed by atoms with E-state index in [1.54, 1.807) is 10.9 Å². The number of fused-ring (bicyclic) bond motifs is 1. The summed E-state index contributed by atoms with van der Waals surface area (Å²) in [6.45, 7) is 4.05. The lowest BCUT2D eigenvalue weighted by Crippen LogP contribution is -1.97. The quantitative estimate of drug-likeness (QED) is 0.712. The summed E-state index contributed by atoms with van der Waals surface area (Å²) in [6.07, 6.45) is 1.78. The summed E-state index contributed by atoms with van der Waals surface area (Å²) in [6, 6.07) is 6.14. The Morgan fingerprint density at radius 2 is 2.06 bits per heavy atom. The van der Waals surface area contributed by atoms with Crippen molar-refractivity contribution < 1.29 is 4.42 Å². The van der Waals surface area contributed by atoms with Crippen LogP contribution in [0.5, 0.6) is 0 Å². The first-order chi connectivity index (χ1) is 8.58. The van der Waals surface area contributed by atoms with Crippen LogP contribution in [0.15, 0.2) is 28.8 Å². The lowest BCUT2D eigenvalue weighted by atomic mass is 10.1. The maximum Gasteiger partial charge on any atom is 0.135 e. The minimum Gasteiger partial charge on any atom is -0.461 e. The van der Waals surface area contributed by atoms with Gasteiger partial charge in [-0.2, -0.15) is 5.10 Å². The number of rotatable bonds is 1. The average molecular weight is 241 g/mol. The largest absolute Gasteiger partial charge is 0.461 e. The van der Waals surface area contributed by atoms with Crippen LogP contribution in [0.2, 0.25) is 0 Å². The number of nitrogen functional groups attached to an aromatic ring is 1. The fourth-order valence-electron chi connectivity index (χ4n) is 2.18. The van der Waals surface area contributed by atoms with Gasteiger partial charge in [-0.05, 0) is 31.0 Å². The van der Waals surface area contributed by atoms with E-state index in [1.807, 2.05) is 20.0 Å². The van der Waals surface area contributed by atoms with Crippen LogP contribution in [0.25, 0.3) is 22.1 Å². The molecular weight excluding hydrogens is 226 g/mol. The fraction of sp³-hybridized carbons (Fsp3) is 0.214. The van der Waals surface area contributed by atoms with Crippen LogP contribution in [0.1, 0.15) is 11.3 Å². The molecule has 0 bridgehead atoms. The molecule has 18 heavy (non-hydrogen) atoms. The zero-order chi connectivity index (χ0) is 12.9. The third kappa shape index (κ3) is 1.42. The Balaban J connectivity index is 2.22. The van der Waals surface area contributed by atoms with Crippen molar-refractivity contribution in [2.75, 3.05) is 5.73 Å². The molecule has 3 aromatic rings. The minimum atomic E-state index is 0.661. The summed E-state index contributed by atoms with van der Waals surface area (Å²) in [5, 5.41) is 5.31. The highest BCUT2D eigenvalue weighted by atomic mass is 16.3. The maximum atomic E-state index is 5.98. The molecule has 0 aliphatic heterocycles. The van der Waals surface area contributed by atoms with E-state index in [-0.39, 0.29) is 0 Å². The van der Waals surface area contributed by atoms with Gasteiger partial charge in [0, 0.05) is 18.0 Å². The van der Waals surface area contributed by atoms with E-state index in [0.29, 0.717) is 5.82 Å². The van der Waals surface area contributed by atoms with Crippen LogP contribution in [0.4, 0.5) is 5.82 Å². The molecule has 2 N–H and O–H groups in total. The average Bonchev–Trinajstić information content (AvgIpc) is 2.82. The van der Waals surface area contributed by atoms with E-state index in [1.165, 1.54) is 5.56 Å². The van der Waals surface area contributed by atoms with Crippen molar-refractivity contribution in [2.24, 2.45) is 7.05 Å². The van der Waals surface area contributed by atoms with E-state index < -0.39 is 0 Å². The minimum absolute atomic E-state index is 0.661. The molecule has 4 nitrogen and oxygen atoms in total. The summed E-state index contributed by atoms with van der Waals surface area (Å²) in [5.41, 5.74) is 10.0. The van der Waals surface area contributed by atoms with E-state index in [4.69, 9.17) is 10.2 Å². The van der Waals surface area contributed by atoms with Gasteiger partial charge in [-0.15, -0.1) is 0 Å². The van der Waals surface area contributed by atoms with Gasteiger partial charge in [0.25, 0.3) is 0 Å². The molecule has 0 fully saturated rings. The van der Waals surface area contributed by atoms with E-state index >= 15 is 0 Å². The number of aryl methyl sites for hydroxylation is 3. The number of nitrogens with two attached hydrogens (primary N) is 1. The summed E-state index contributed by atoms with van der Waals surface area (Å²) >= 11 is 0. The lowest BCUT2D eigenvalue weighted by Gasteiger charge is -2.00. The van der Waals surface area contributed by atoms with E-state index in [9.17, 15) is 0 Å². The Hall–Kier alpha value is -2.23. The van der Waals surface area contributed by atoms with Crippen LogP contribution in [0.3, 0.4) is 0 Å². The number of nitrogens with zero attached hydrogens (tertiary/aromatic N) is 2. The Labute approximate surface area is 105 Å². The molecule has 0 aliphatic carbocycles. The highest BCUT2D eigenvalue weighted by Crippen LogP contribution is 2.31. The molecule has 3 rings (SSSR count). The number of hydrogen-bond donors (Lipinski definition) is 1. The molecular formula is C14H15N3O. The molecule has 0 atom stereocenters. The first-order valence-electron chi connectivity index (χ1n) is 5.85. The van der Waals surface area contributed by atoms with Gasteiger partial charge in [-0.1, -0.05) is 12.1 Å². The van der Waals surface area contributed by atoms with Crippen molar-refractivity contribution in [2.45, 2.75) is 13.8 Å². The predicted octanol–water partition coefficient (Wildman–Crippen LogP) is 3.03. The molecule has 0 amide bonds. The predicted molar refractivity (Wildman–Crippen MR) is 72.3 cm³/mol. The smallest absolute Gasteiger partial charge is 0.135 e. The number of benzene rings is 1. The third-order valence-corrected chi connectivity index (χ3v) is 3.47. The van der Waals surface area contributed by atoms with Gasteiger partial charge >= 0.3 is 0 Å². The third-order valence-electron chi connectivity index (χ3n) is 3.47. The molecule has 0 unspecified atom stereocenters. The van der Waals surface area contributed by atoms with Gasteiger partial charge < -0.3 is 10.2 Å². The molecule has 0 saturated carbocycles. The molecule has 0 aliphatic rings. The molecule has 0 spiro atoms. The van der Waals surface area contributed by atoms with Crippen molar-refractivity contribution in [3.8, 4) is 11.1 Å². The topological polar surface area (TPSA) is 57.0 Å². The van der Waals surface area contributed by atoms with Crippen LogP contribution in [-0.2, 0) is 7.05 Å². The first-order valence-corrected chi connectivity index (χ1v) is 5.85. The van der Waals surface area contributed by atoms with Crippen molar-refractivity contribution in [3.05, 3.63) is 35.7 Å². The van der Waals surface area contributed by atoms with E-state index in [2.05, 4.69) is 24.2 Å². The zero-order valence-corrected chi connectivity index (χ0v) is 10.7. The normalized spacial score (nSPS) is 11.3. The van der Waals surface area contributed by atoms with Crippen molar-refractivity contribution in [3.63, 3.8) is 0 Å². The van der Waals surface area contributed by atoms with Crippen LogP contribution < -0.4 is 5.73 Å². The number of aromatic nitrogens is 2. The summed E-state index contributed by atoms with van der Waals surface area (Å²) < 4.78 is 7.40. The summed E-state index contributed by atoms with van der Waals surface area (Å²) in [5.74, 6) is 1.62. The van der Waals surface area contributed by atoms with Gasteiger partial charge in [0.05, 0.1) is 6.20 Å². The zero-order valence-electron chi connectivity index (χ0n) is 10.7. The monoisotopic (exact) mass is 241 g/mol.